The van der Waals surface area contributed by atoms with Gasteiger partial charge in [-0.1, -0.05) is 63.2 Å². The third kappa shape index (κ3) is 4.20. The largest absolute Gasteiger partial charge is 0.352 e. The summed E-state index contributed by atoms with van der Waals surface area (Å²) < 4.78 is 5.67. The first-order chi connectivity index (χ1) is 15.9. The van der Waals surface area contributed by atoms with E-state index in [1.54, 1.807) is 6.33 Å². The van der Waals surface area contributed by atoms with Crippen LogP contribution in [0.25, 0.3) is 21.5 Å². The Labute approximate surface area is 198 Å². The van der Waals surface area contributed by atoms with Crippen LogP contribution in [0.4, 0.5) is 5.82 Å². The van der Waals surface area contributed by atoms with Crippen LogP contribution in [0.1, 0.15) is 36.7 Å². The van der Waals surface area contributed by atoms with Gasteiger partial charge in [-0.05, 0) is 34.6 Å². The number of fused-ring (bicyclic) bond motifs is 1. The van der Waals surface area contributed by atoms with Gasteiger partial charge >= 0.3 is 0 Å². The smallest absolute Gasteiger partial charge is 0.253 e. The van der Waals surface area contributed by atoms with E-state index < -0.39 is 0 Å². The maximum atomic E-state index is 13.1. The number of hydrogen-bond donors (Lipinski definition) is 0. The van der Waals surface area contributed by atoms with Crippen LogP contribution in [0.15, 0.2) is 60.9 Å². The van der Waals surface area contributed by atoms with Crippen LogP contribution in [-0.4, -0.2) is 51.3 Å². The monoisotopic (exact) mass is 457 g/mol. The quantitative estimate of drug-likeness (QED) is 0.433. The van der Waals surface area contributed by atoms with Gasteiger partial charge in [-0.25, -0.2) is 9.97 Å². The predicted octanol–water partition coefficient (Wildman–Crippen LogP) is 5.01. The molecule has 0 aliphatic carbocycles. The van der Waals surface area contributed by atoms with Crippen LogP contribution in [0.3, 0.4) is 0 Å². The Morgan fingerprint density at radius 2 is 1.61 bits per heavy atom. The van der Waals surface area contributed by atoms with Crippen molar-refractivity contribution in [3.63, 3.8) is 0 Å². The highest BCUT2D eigenvalue weighted by Crippen LogP contribution is 2.34. The van der Waals surface area contributed by atoms with Gasteiger partial charge in [0, 0.05) is 37.3 Å². The second-order valence-corrected chi connectivity index (χ2v) is 10.2. The third-order valence-corrected chi connectivity index (χ3v) is 6.98. The Morgan fingerprint density at radius 1 is 0.909 bits per heavy atom. The van der Waals surface area contributed by atoms with Crippen molar-refractivity contribution >= 4 is 33.5 Å². The number of anilines is 1. The van der Waals surface area contributed by atoms with Crippen LogP contribution in [0, 0.1) is 0 Å². The first kappa shape index (κ1) is 21.5. The standard InChI is InChI=1S/C26H27N5OS/c1-26(2,3)20-11-9-19(10-12-20)25(32)31-15-13-30(14-16-31)24-23-22(27-17-28-24)21(29-33-23)18-7-5-4-6-8-18/h4-12,17H,13-16H2,1-3H3. The van der Waals surface area contributed by atoms with Crippen molar-refractivity contribution in [2.24, 2.45) is 0 Å². The predicted molar refractivity (Wildman–Crippen MR) is 134 cm³/mol. The number of carbonyl (C=O) groups is 1. The van der Waals surface area contributed by atoms with E-state index in [-0.39, 0.29) is 11.3 Å². The summed E-state index contributed by atoms with van der Waals surface area (Å²) in [5.41, 5.74) is 4.89. The minimum absolute atomic E-state index is 0.0765. The average Bonchev–Trinajstić information content (AvgIpc) is 3.28. The second-order valence-electron chi connectivity index (χ2n) is 9.38. The highest BCUT2D eigenvalue weighted by atomic mass is 32.1. The number of carbonyl (C=O) groups excluding carboxylic acids is 1. The molecule has 5 rings (SSSR count). The number of amides is 1. The van der Waals surface area contributed by atoms with E-state index in [1.807, 2.05) is 35.2 Å². The molecule has 168 valence electrons. The van der Waals surface area contributed by atoms with Gasteiger partial charge in [0.1, 0.15) is 22.2 Å². The molecule has 0 atom stereocenters. The molecule has 7 heteroatoms. The molecule has 3 heterocycles. The fourth-order valence-corrected chi connectivity index (χ4v) is 5.05. The van der Waals surface area contributed by atoms with Crippen LogP contribution in [0.2, 0.25) is 0 Å². The van der Waals surface area contributed by atoms with E-state index in [0.29, 0.717) is 13.1 Å². The summed E-state index contributed by atoms with van der Waals surface area (Å²) in [5, 5.41) is 0. The summed E-state index contributed by atoms with van der Waals surface area (Å²) in [6.07, 6.45) is 1.62. The SMILES string of the molecule is CC(C)(C)c1ccc(C(=O)N2CCN(c3ncnc4c(-c5ccccc5)nsc34)CC2)cc1. The summed E-state index contributed by atoms with van der Waals surface area (Å²) in [6.45, 7) is 9.33. The number of hydrogen-bond acceptors (Lipinski definition) is 6. The molecule has 6 nitrogen and oxygen atoms in total. The molecule has 1 amide bonds. The van der Waals surface area contributed by atoms with E-state index in [1.165, 1.54) is 17.1 Å². The fourth-order valence-electron chi connectivity index (χ4n) is 4.18. The molecule has 1 saturated heterocycles. The maximum absolute atomic E-state index is 13.1. The minimum atomic E-state index is 0.0765. The van der Waals surface area contributed by atoms with Gasteiger partial charge in [0.25, 0.3) is 5.91 Å². The molecule has 4 aromatic rings. The third-order valence-electron chi connectivity index (χ3n) is 6.15. The lowest BCUT2D eigenvalue weighted by Crippen LogP contribution is -2.49. The Bertz CT molecular complexity index is 1270. The Hall–Kier alpha value is -3.32. The van der Waals surface area contributed by atoms with Crippen molar-refractivity contribution < 1.29 is 4.79 Å². The lowest BCUT2D eigenvalue weighted by atomic mass is 9.86. The summed E-state index contributed by atoms with van der Waals surface area (Å²) in [6, 6.07) is 18.1. The maximum Gasteiger partial charge on any atom is 0.253 e. The normalized spacial score (nSPS) is 14.6. The fraction of sp³-hybridized carbons (Fsp3) is 0.308. The van der Waals surface area contributed by atoms with Crippen molar-refractivity contribution in [3.8, 4) is 11.3 Å². The molecule has 1 fully saturated rings. The first-order valence-electron chi connectivity index (χ1n) is 11.2. The van der Waals surface area contributed by atoms with E-state index in [0.717, 1.165) is 45.9 Å². The van der Waals surface area contributed by atoms with Gasteiger partial charge in [-0.15, -0.1) is 0 Å². The van der Waals surface area contributed by atoms with E-state index in [2.05, 4.69) is 64.3 Å². The molecule has 2 aromatic heterocycles. The van der Waals surface area contributed by atoms with E-state index >= 15 is 0 Å². The zero-order chi connectivity index (χ0) is 23.0. The van der Waals surface area contributed by atoms with Crippen molar-refractivity contribution in [1.82, 2.24) is 19.2 Å². The van der Waals surface area contributed by atoms with E-state index in [9.17, 15) is 4.79 Å². The summed E-state index contributed by atoms with van der Waals surface area (Å²) in [5.74, 6) is 0.994. The number of nitrogens with zero attached hydrogens (tertiary/aromatic N) is 5. The van der Waals surface area contributed by atoms with Crippen molar-refractivity contribution in [2.75, 3.05) is 31.1 Å². The topological polar surface area (TPSA) is 62.2 Å². The highest BCUT2D eigenvalue weighted by Gasteiger charge is 2.25. The molecule has 0 spiro atoms. The summed E-state index contributed by atoms with van der Waals surface area (Å²) >= 11 is 1.44. The summed E-state index contributed by atoms with van der Waals surface area (Å²) in [4.78, 5) is 26.3. The molecule has 0 radical (unpaired) electrons. The first-order valence-corrected chi connectivity index (χ1v) is 12.0. The number of benzene rings is 2. The van der Waals surface area contributed by atoms with Crippen LogP contribution >= 0.6 is 11.5 Å². The lowest BCUT2D eigenvalue weighted by Gasteiger charge is -2.35. The molecule has 33 heavy (non-hydrogen) atoms. The van der Waals surface area contributed by atoms with Gasteiger partial charge < -0.3 is 9.80 Å². The Kier molecular flexibility index (Phi) is 5.58. The lowest BCUT2D eigenvalue weighted by molar-refractivity contribution is 0.0746. The van der Waals surface area contributed by atoms with Crippen molar-refractivity contribution in [1.29, 1.82) is 0 Å². The van der Waals surface area contributed by atoms with Crippen LogP contribution in [-0.2, 0) is 5.41 Å². The van der Waals surface area contributed by atoms with Gasteiger partial charge in [0.2, 0.25) is 0 Å². The van der Waals surface area contributed by atoms with Crippen LogP contribution in [0.5, 0.6) is 0 Å². The highest BCUT2D eigenvalue weighted by molar-refractivity contribution is 7.14. The molecule has 0 bridgehead atoms. The molecule has 0 unspecified atom stereocenters. The second kappa shape index (κ2) is 8.56. The Morgan fingerprint density at radius 3 is 2.27 bits per heavy atom. The minimum Gasteiger partial charge on any atom is -0.352 e. The van der Waals surface area contributed by atoms with Crippen molar-refractivity contribution in [3.05, 3.63) is 72.1 Å². The van der Waals surface area contributed by atoms with Gasteiger partial charge in [0.15, 0.2) is 5.82 Å². The molecule has 2 aromatic carbocycles. The number of rotatable bonds is 3. The number of aromatic nitrogens is 3. The molecule has 0 saturated carbocycles. The zero-order valence-electron chi connectivity index (χ0n) is 19.2. The molecule has 1 aliphatic heterocycles. The average molecular weight is 458 g/mol. The van der Waals surface area contributed by atoms with E-state index in [4.69, 9.17) is 0 Å². The molecular weight excluding hydrogens is 430 g/mol. The number of piperazine rings is 1. The van der Waals surface area contributed by atoms with Gasteiger partial charge in [-0.2, -0.15) is 4.37 Å². The Balaban J connectivity index is 1.31. The molecular formula is C26H27N5OS. The van der Waals surface area contributed by atoms with Crippen molar-refractivity contribution in [2.45, 2.75) is 26.2 Å². The zero-order valence-corrected chi connectivity index (χ0v) is 20.0. The van der Waals surface area contributed by atoms with Gasteiger partial charge in [-0.3, -0.25) is 4.79 Å². The molecule has 0 N–H and O–H groups in total. The van der Waals surface area contributed by atoms with Crippen LogP contribution < -0.4 is 4.90 Å². The summed E-state index contributed by atoms with van der Waals surface area (Å²) in [7, 11) is 0. The molecule has 1 aliphatic rings. The van der Waals surface area contributed by atoms with Gasteiger partial charge in [0.05, 0.1) is 0 Å².